The van der Waals surface area contributed by atoms with Gasteiger partial charge in [0.15, 0.2) is 6.61 Å². The number of rotatable bonds is 8. The fourth-order valence-electron chi connectivity index (χ4n) is 2.43. The van der Waals surface area contributed by atoms with Crippen molar-refractivity contribution in [3.8, 4) is 5.75 Å². The molecule has 6 heteroatoms. The minimum absolute atomic E-state index is 0.124. The molecule has 3 rings (SSSR count). The zero-order valence-corrected chi connectivity index (χ0v) is 15.2. The maximum atomic E-state index is 12.0. The second kappa shape index (κ2) is 9.78. The summed E-state index contributed by atoms with van der Waals surface area (Å²) in [6.07, 6.45) is 0. The van der Waals surface area contributed by atoms with Crippen LogP contribution in [0, 0.1) is 0 Å². The van der Waals surface area contributed by atoms with Crippen LogP contribution in [0.1, 0.15) is 0 Å². The number of benzene rings is 3. The molecule has 28 heavy (non-hydrogen) atoms. The van der Waals surface area contributed by atoms with Gasteiger partial charge in [0.05, 0.1) is 6.54 Å². The summed E-state index contributed by atoms with van der Waals surface area (Å²) in [6, 6.07) is 26.2. The quantitative estimate of drug-likeness (QED) is 0.562. The fourth-order valence-corrected chi connectivity index (χ4v) is 2.43. The average Bonchev–Trinajstić information content (AvgIpc) is 2.74. The van der Waals surface area contributed by atoms with E-state index in [2.05, 4.69) is 16.0 Å². The Bertz CT molecular complexity index is 897. The molecular formula is C22H21N3O3. The number of hydrogen-bond donors (Lipinski definition) is 3. The van der Waals surface area contributed by atoms with Gasteiger partial charge in [-0.3, -0.25) is 9.59 Å². The summed E-state index contributed by atoms with van der Waals surface area (Å²) >= 11 is 0. The number of hydrogen-bond acceptors (Lipinski definition) is 4. The maximum absolute atomic E-state index is 12.0. The molecule has 142 valence electrons. The molecule has 0 saturated carbocycles. The number of nitrogens with one attached hydrogen (secondary N) is 3. The minimum atomic E-state index is -0.360. The Balaban J connectivity index is 1.40. The van der Waals surface area contributed by atoms with E-state index in [1.54, 1.807) is 24.3 Å². The van der Waals surface area contributed by atoms with Crippen LogP contribution in [0.3, 0.4) is 0 Å². The number of carbonyl (C=O) groups excluding carboxylic acids is 2. The molecule has 0 aliphatic carbocycles. The molecule has 0 aliphatic heterocycles. The molecule has 3 N–H and O–H groups in total. The first-order valence-electron chi connectivity index (χ1n) is 8.85. The van der Waals surface area contributed by atoms with E-state index in [1.165, 1.54) is 0 Å². The molecule has 0 radical (unpaired) electrons. The molecule has 3 aromatic rings. The van der Waals surface area contributed by atoms with E-state index in [9.17, 15) is 9.59 Å². The highest BCUT2D eigenvalue weighted by atomic mass is 16.5. The lowest BCUT2D eigenvalue weighted by Gasteiger charge is -2.10. The van der Waals surface area contributed by atoms with Crippen molar-refractivity contribution in [3.05, 3.63) is 84.9 Å². The molecule has 3 aromatic carbocycles. The first-order chi connectivity index (χ1) is 13.7. The van der Waals surface area contributed by atoms with Crippen LogP contribution < -0.4 is 20.7 Å². The summed E-state index contributed by atoms with van der Waals surface area (Å²) in [7, 11) is 0. The Labute approximate surface area is 163 Å². The van der Waals surface area contributed by atoms with E-state index in [0.29, 0.717) is 11.4 Å². The predicted molar refractivity (Wildman–Crippen MR) is 110 cm³/mol. The summed E-state index contributed by atoms with van der Waals surface area (Å²) < 4.78 is 5.33. The Kier molecular flexibility index (Phi) is 6.62. The van der Waals surface area contributed by atoms with Gasteiger partial charge in [0.2, 0.25) is 5.91 Å². The molecule has 6 nitrogen and oxygen atoms in total. The topological polar surface area (TPSA) is 79.5 Å². The van der Waals surface area contributed by atoms with Crippen molar-refractivity contribution in [2.45, 2.75) is 0 Å². The molecule has 0 unspecified atom stereocenters. The molecule has 0 aromatic heterocycles. The Hall–Kier alpha value is -3.80. The number of carbonyl (C=O) groups is 2. The van der Waals surface area contributed by atoms with Crippen molar-refractivity contribution in [1.29, 1.82) is 0 Å². The Morgan fingerprint density at radius 2 is 1.25 bits per heavy atom. The minimum Gasteiger partial charge on any atom is -0.484 e. The van der Waals surface area contributed by atoms with Crippen molar-refractivity contribution in [3.63, 3.8) is 0 Å². The van der Waals surface area contributed by atoms with Crippen molar-refractivity contribution < 1.29 is 14.3 Å². The van der Waals surface area contributed by atoms with Crippen LogP contribution in [0.5, 0.6) is 5.75 Å². The van der Waals surface area contributed by atoms with Crippen LogP contribution in [0.2, 0.25) is 0 Å². The lowest BCUT2D eigenvalue weighted by atomic mass is 10.2. The van der Waals surface area contributed by atoms with Gasteiger partial charge in [-0.05, 0) is 48.5 Å². The van der Waals surface area contributed by atoms with Crippen molar-refractivity contribution in [2.24, 2.45) is 0 Å². The van der Waals surface area contributed by atoms with E-state index in [0.717, 1.165) is 11.4 Å². The fraction of sp³-hybridized carbons (Fsp3) is 0.0909. The first-order valence-corrected chi connectivity index (χ1v) is 8.85. The van der Waals surface area contributed by atoms with Crippen LogP contribution in [-0.4, -0.2) is 25.0 Å². The summed E-state index contributed by atoms with van der Waals surface area (Å²) in [5.74, 6) is -0.0652. The van der Waals surface area contributed by atoms with Crippen LogP contribution in [-0.2, 0) is 9.59 Å². The van der Waals surface area contributed by atoms with Gasteiger partial charge in [0.25, 0.3) is 5.91 Å². The van der Waals surface area contributed by atoms with Gasteiger partial charge < -0.3 is 20.7 Å². The highest BCUT2D eigenvalue weighted by molar-refractivity contribution is 5.94. The highest BCUT2D eigenvalue weighted by Crippen LogP contribution is 2.18. The zero-order valence-electron chi connectivity index (χ0n) is 15.2. The number of ether oxygens (including phenoxy) is 1. The third-order valence-electron chi connectivity index (χ3n) is 3.79. The van der Waals surface area contributed by atoms with E-state index in [-0.39, 0.29) is 25.0 Å². The summed E-state index contributed by atoms with van der Waals surface area (Å²) in [5.41, 5.74) is 2.55. The molecule has 0 heterocycles. The molecule has 0 aliphatic rings. The van der Waals surface area contributed by atoms with Crippen LogP contribution in [0.25, 0.3) is 0 Å². The number of para-hydroxylation sites is 2. The normalized spacial score (nSPS) is 10.0. The summed E-state index contributed by atoms with van der Waals surface area (Å²) in [5, 5.41) is 8.54. The van der Waals surface area contributed by atoms with Crippen LogP contribution in [0.15, 0.2) is 84.9 Å². The lowest BCUT2D eigenvalue weighted by molar-refractivity contribution is -0.125. The van der Waals surface area contributed by atoms with E-state index in [4.69, 9.17) is 4.74 Å². The van der Waals surface area contributed by atoms with Gasteiger partial charge in [0.1, 0.15) is 5.75 Å². The van der Waals surface area contributed by atoms with Gasteiger partial charge in [-0.1, -0.05) is 36.4 Å². The van der Waals surface area contributed by atoms with Crippen molar-refractivity contribution >= 4 is 28.9 Å². The maximum Gasteiger partial charge on any atom is 0.258 e. The first kappa shape index (κ1) is 19.0. The second-order valence-electron chi connectivity index (χ2n) is 6.00. The van der Waals surface area contributed by atoms with Crippen LogP contribution in [0.4, 0.5) is 17.1 Å². The molecule has 0 bridgehead atoms. The molecule has 2 amide bonds. The molecule has 0 spiro atoms. The zero-order chi connectivity index (χ0) is 19.6. The monoisotopic (exact) mass is 375 g/mol. The summed E-state index contributed by atoms with van der Waals surface area (Å²) in [4.78, 5) is 23.8. The smallest absolute Gasteiger partial charge is 0.258 e. The molecule has 0 fully saturated rings. The Morgan fingerprint density at radius 1 is 0.679 bits per heavy atom. The van der Waals surface area contributed by atoms with E-state index in [1.807, 2.05) is 60.7 Å². The van der Waals surface area contributed by atoms with E-state index >= 15 is 0 Å². The van der Waals surface area contributed by atoms with Crippen molar-refractivity contribution in [1.82, 2.24) is 5.32 Å². The standard InChI is InChI=1S/C22H21N3O3/c26-21(15-23-22(27)16-28-20-9-5-2-6-10-20)25-19-13-11-18(12-14-19)24-17-7-3-1-4-8-17/h1-14,24H,15-16H2,(H,23,27)(H,25,26). The third-order valence-corrected chi connectivity index (χ3v) is 3.79. The summed E-state index contributed by atoms with van der Waals surface area (Å²) in [6.45, 7) is -0.266. The second-order valence-corrected chi connectivity index (χ2v) is 6.00. The largest absolute Gasteiger partial charge is 0.484 e. The van der Waals surface area contributed by atoms with Crippen molar-refractivity contribution in [2.75, 3.05) is 23.8 Å². The number of amides is 2. The predicted octanol–water partition coefficient (Wildman–Crippen LogP) is 3.56. The van der Waals surface area contributed by atoms with E-state index < -0.39 is 0 Å². The highest BCUT2D eigenvalue weighted by Gasteiger charge is 2.07. The van der Waals surface area contributed by atoms with Crippen LogP contribution >= 0.6 is 0 Å². The third kappa shape index (κ3) is 6.17. The molecule has 0 atom stereocenters. The molecule has 0 saturated heterocycles. The van der Waals surface area contributed by atoms with Gasteiger partial charge in [-0.2, -0.15) is 0 Å². The van der Waals surface area contributed by atoms with Gasteiger partial charge >= 0.3 is 0 Å². The SMILES string of the molecule is O=C(COc1ccccc1)NCC(=O)Nc1ccc(Nc2ccccc2)cc1. The lowest BCUT2D eigenvalue weighted by Crippen LogP contribution is -2.35. The Morgan fingerprint density at radius 3 is 1.93 bits per heavy atom. The number of anilines is 3. The van der Waals surface area contributed by atoms with Gasteiger partial charge in [-0.15, -0.1) is 0 Å². The molecular weight excluding hydrogens is 354 g/mol. The van der Waals surface area contributed by atoms with Gasteiger partial charge in [0, 0.05) is 17.1 Å². The average molecular weight is 375 g/mol. The van der Waals surface area contributed by atoms with Gasteiger partial charge in [-0.25, -0.2) is 0 Å².